The van der Waals surface area contributed by atoms with E-state index in [-0.39, 0.29) is 6.04 Å². The number of thioether (sulfide) groups is 1. The molecule has 2 N–H and O–H groups in total. The summed E-state index contributed by atoms with van der Waals surface area (Å²) in [4.78, 5) is 1.31. The fraction of sp³-hybridized carbons (Fsp3) is 0.538. The van der Waals surface area contributed by atoms with Crippen molar-refractivity contribution in [1.29, 1.82) is 0 Å². The number of rotatable bonds is 7. The van der Waals surface area contributed by atoms with Gasteiger partial charge in [0.15, 0.2) is 0 Å². The standard InChI is InChI=1S/C13H21NOS/c1-3-13(14)11-5-7-12(8-6-11)16-10-4-9-15-2/h5-8,13H,3-4,9-10,14H2,1-2H3/t13-/m1/s1. The molecule has 0 radical (unpaired) electrons. The lowest BCUT2D eigenvalue weighted by Gasteiger charge is -2.09. The predicted molar refractivity (Wildman–Crippen MR) is 70.9 cm³/mol. The van der Waals surface area contributed by atoms with E-state index < -0.39 is 0 Å². The van der Waals surface area contributed by atoms with Crippen molar-refractivity contribution in [3.63, 3.8) is 0 Å². The van der Waals surface area contributed by atoms with Crippen molar-refractivity contribution < 1.29 is 4.74 Å². The second-order valence-corrected chi connectivity index (χ2v) is 4.95. The number of ether oxygens (including phenoxy) is 1. The minimum Gasteiger partial charge on any atom is -0.385 e. The van der Waals surface area contributed by atoms with Gasteiger partial charge in [0.05, 0.1) is 0 Å². The molecule has 0 heterocycles. The lowest BCUT2D eigenvalue weighted by molar-refractivity contribution is 0.200. The monoisotopic (exact) mass is 239 g/mol. The van der Waals surface area contributed by atoms with E-state index in [9.17, 15) is 0 Å². The van der Waals surface area contributed by atoms with Gasteiger partial charge in [-0.2, -0.15) is 0 Å². The van der Waals surface area contributed by atoms with E-state index in [1.165, 1.54) is 10.5 Å². The molecule has 0 amide bonds. The Morgan fingerprint density at radius 2 is 2.00 bits per heavy atom. The van der Waals surface area contributed by atoms with Crippen LogP contribution >= 0.6 is 11.8 Å². The second-order valence-electron chi connectivity index (χ2n) is 3.78. The minimum absolute atomic E-state index is 0.174. The van der Waals surface area contributed by atoms with Crippen LogP contribution in [0.25, 0.3) is 0 Å². The first-order chi connectivity index (χ1) is 7.77. The minimum atomic E-state index is 0.174. The molecule has 0 spiro atoms. The molecule has 0 aliphatic heterocycles. The summed E-state index contributed by atoms with van der Waals surface area (Å²) in [5, 5.41) is 0. The fourth-order valence-corrected chi connectivity index (χ4v) is 2.27. The van der Waals surface area contributed by atoms with Crippen molar-refractivity contribution in [1.82, 2.24) is 0 Å². The van der Waals surface area contributed by atoms with Crippen LogP contribution < -0.4 is 5.73 Å². The van der Waals surface area contributed by atoms with Crippen LogP contribution in [0.4, 0.5) is 0 Å². The summed E-state index contributed by atoms with van der Waals surface area (Å²) in [5.41, 5.74) is 7.19. The Kier molecular flexibility index (Phi) is 6.53. The Hall–Kier alpha value is -0.510. The Bertz CT molecular complexity index is 286. The van der Waals surface area contributed by atoms with Gasteiger partial charge in [0, 0.05) is 30.4 Å². The van der Waals surface area contributed by atoms with Crippen molar-refractivity contribution >= 4 is 11.8 Å². The molecule has 3 heteroatoms. The summed E-state index contributed by atoms with van der Waals surface area (Å²) >= 11 is 1.87. The molecule has 0 saturated heterocycles. The molecular weight excluding hydrogens is 218 g/mol. The van der Waals surface area contributed by atoms with Gasteiger partial charge < -0.3 is 10.5 Å². The predicted octanol–water partition coefficient (Wildman–Crippen LogP) is 3.23. The highest BCUT2D eigenvalue weighted by molar-refractivity contribution is 7.99. The van der Waals surface area contributed by atoms with Crippen LogP contribution in [-0.2, 0) is 4.74 Å². The molecule has 0 aromatic heterocycles. The molecule has 0 unspecified atom stereocenters. The summed E-state index contributed by atoms with van der Waals surface area (Å²) < 4.78 is 5.02. The number of methoxy groups -OCH3 is 1. The van der Waals surface area contributed by atoms with Crippen molar-refractivity contribution in [2.75, 3.05) is 19.5 Å². The SMILES string of the molecule is CC[C@@H](N)c1ccc(SCCCOC)cc1. The van der Waals surface area contributed by atoms with Crippen LogP contribution in [0.5, 0.6) is 0 Å². The van der Waals surface area contributed by atoms with E-state index in [0.29, 0.717) is 0 Å². The highest BCUT2D eigenvalue weighted by atomic mass is 32.2. The molecule has 0 bridgehead atoms. The van der Waals surface area contributed by atoms with Gasteiger partial charge in [-0.05, 0) is 30.5 Å². The van der Waals surface area contributed by atoms with Gasteiger partial charge in [0.1, 0.15) is 0 Å². The molecule has 0 aliphatic carbocycles. The molecule has 1 aromatic rings. The topological polar surface area (TPSA) is 35.2 Å². The van der Waals surface area contributed by atoms with Crippen LogP contribution in [0, 0.1) is 0 Å². The summed E-state index contributed by atoms with van der Waals surface area (Å²) in [6.45, 7) is 2.95. The number of benzene rings is 1. The number of hydrogen-bond donors (Lipinski definition) is 1. The van der Waals surface area contributed by atoms with Crippen LogP contribution in [-0.4, -0.2) is 19.5 Å². The highest BCUT2D eigenvalue weighted by Gasteiger charge is 2.02. The van der Waals surface area contributed by atoms with Gasteiger partial charge in [-0.3, -0.25) is 0 Å². The summed E-state index contributed by atoms with van der Waals surface area (Å²) in [6, 6.07) is 8.75. The zero-order chi connectivity index (χ0) is 11.8. The summed E-state index contributed by atoms with van der Waals surface area (Å²) in [5.74, 6) is 1.10. The third-order valence-corrected chi connectivity index (χ3v) is 3.61. The van der Waals surface area contributed by atoms with Gasteiger partial charge in [0.25, 0.3) is 0 Å². The average Bonchev–Trinajstić information content (AvgIpc) is 2.34. The van der Waals surface area contributed by atoms with E-state index in [1.807, 2.05) is 11.8 Å². The third kappa shape index (κ3) is 4.56. The van der Waals surface area contributed by atoms with Crippen molar-refractivity contribution in [2.45, 2.75) is 30.7 Å². The maximum absolute atomic E-state index is 5.96. The maximum Gasteiger partial charge on any atom is 0.0470 e. The van der Waals surface area contributed by atoms with Crippen LogP contribution in [0.3, 0.4) is 0 Å². The zero-order valence-corrected chi connectivity index (χ0v) is 10.9. The summed E-state index contributed by atoms with van der Waals surface area (Å²) in [6.07, 6.45) is 2.08. The largest absolute Gasteiger partial charge is 0.385 e. The van der Waals surface area contributed by atoms with Crippen molar-refractivity contribution in [2.24, 2.45) is 5.73 Å². The molecule has 0 aliphatic rings. The highest BCUT2D eigenvalue weighted by Crippen LogP contribution is 2.21. The smallest absolute Gasteiger partial charge is 0.0470 e. The zero-order valence-electron chi connectivity index (χ0n) is 10.1. The first-order valence-electron chi connectivity index (χ1n) is 5.75. The van der Waals surface area contributed by atoms with Gasteiger partial charge in [0.2, 0.25) is 0 Å². The molecule has 0 saturated carbocycles. The first-order valence-corrected chi connectivity index (χ1v) is 6.73. The molecule has 1 rings (SSSR count). The van der Waals surface area contributed by atoms with Crippen molar-refractivity contribution in [3.05, 3.63) is 29.8 Å². The molecular formula is C13H21NOS. The van der Waals surface area contributed by atoms with Crippen molar-refractivity contribution in [3.8, 4) is 0 Å². The molecule has 1 aromatic carbocycles. The van der Waals surface area contributed by atoms with Gasteiger partial charge in [-0.1, -0.05) is 19.1 Å². The quantitative estimate of drug-likeness (QED) is 0.586. The molecule has 1 atom stereocenters. The van der Waals surface area contributed by atoms with E-state index >= 15 is 0 Å². The molecule has 2 nitrogen and oxygen atoms in total. The number of hydrogen-bond acceptors (Lipinski definition) is 3. The Labute approximate surface area is 103 Å². The van der Waals surface area contributed by atoms with E-state index in [1.54, 1.807) is 7.11 Å². The van der Waals surface area contributed by atoms with E-state index in [2.05, 4.69) is 31.2 Å². The Morgan fingerprint density at radius 3 is 2.56 bits per heavy atom. The van der Waals surface area contributed by atoms with Crippen LogP contribution in [0.1, 0.15) is 31.4 Å². The van der Waals surface area contributed by atoms with E-state index in [4.69, 9.17) is 10.5 Å². The van der Waals surface area contributed by atoms with Gasteiger partial charge in [-0.25, -0.2) is 0 Å². The van der Waals surface area contributed by atoms with Gasteiger partial charge >= 0.3 is 0 Å². The first kappa shape index (κ1) is 13.6. The normalized spacial score (nSPS) is 12.7. The average molecular weight is 239 g/mol. The maximum atomic E-state index is 5.96. The fourth-order valence-electron chi connectivity index (χ4n) is 1.44. The lowest BCUT2D eigenvalue weighted by atomic mass is 10.1. The van der Waals surface area contributed by atoms with E-state index in [0.717, 1.165) is 25.2 Å². The second kappa shape index (κ2) is 7.71. The Balaban J connectivity index is 2.39. The number of nitrogens with two attached hydrogens (primary N) is 1. The summed E-state index contributed by atoms with van der Waals surface area (Å²) in [7, 11) is 1.74. The Morgan fingerprint density at radius 1 is 1.31 bits per heavy atom. The van der Waals surface area contributed by atoms with Gasteiger partial charge in [-0.15, -0.1) is 11.8 Å². The van der Waals surface area contributed by atoms with Crippen LogP contribution in [0.15, 0.2) is 29.2 Å². The van der Waals surface area contributed by atoms with Crippen LogP contribution in [0.2, 0.25) is 0 Å². The molecule has 90 valence electrons. The third-order valence-electron chi connectivity index (χ3n) is 2.51. The lowest BCUT2D eigenvalue weighted by Crippen LogP contribution is -2.07. The molecule has 0 fully saturated rings. The molecule has 16 heavy (non-hydrogen) atoms.